The van der Waals surface area contributed by atoms with Crippen molar-refractivity contribution in [2.24, 2.45) is 0 Å². The van der Waals surface area contributed by atoms with Gasteiger partial charge < -0.3 is 14.6 Å². The third kappa shape index (κ3) is 2.63. The Balaban J connectivity index is 3.06. The molecule has 1 rings (SSSR count). The van der Waals surface area contributed by atoms with Crippen LogP contribution in [-0.2, 0) is 4.74 Å². The van der Waals surface area contributed by atoms with Gasteiger partial charge in [0, 0.05) is 0 Å². The van der Waals surface area contributed by atoms with Gasteiger partial charge in [-0.05, 0) is 29.8 Å². The number of aromatic hydroxyl groups is 1. The van der Waals surface area contributed by atoms with Crippen molar-refractivity contribution in [3.8, 4) is 10.8 Å². The van der Waals surface area contributed by atoms with E-state index < -0.39 is 5.97 Å². The fourth-order valence-corrected chi connectivity index (χ4v) is 2.55. The maximum Gasteiger partial charge on any atom is 0.352 e. The van der Waals surface area contributed by atoms with E-state index in [9.17, 15) is 9.90 Å². The first-order chi connectivity index (χ1) is 6.97. The fourth-order valence-electron chi connectivity index (χ4n) is 0.903. The zero-order valence-corrected chi connectivity index (χ0v) is 10.9. The maximum absolute atomic E-state index is 11.2. The first kappa shape index (κ1) is 12.3. The molecule has 15 heavy (non-hydrogen) atoms. The Bertz CT molecular complexity index is 372. The Morgan fingerprint density at radius 3 is 2.60 bits per heavy atom. The predicted molar refractivity (Wildman–Crippen MR) is 60.8 cm³/mol. The highest BCUT2D eigenvalue weighted by Gasteiger charge is 2.23. The van der Waals surface area contributed by atoms with Crippen LogP contribution >= 0.6 is 27.3 Å². The molecular weight excluding hydrogens is 284 g/mol. The summed E-state index contributed by atoms with van der Waals surface area (Å²) in [5.74, 6) is -0.709. The molecule has 0 spiro atoms. The number of hydrogen-bond acceptors (Lipinski definition) is 5. The normalized spacial score (nSPS) is 10.5. The summed E-state index contributed by atoms with van der Waals surface area (Å²) in [7, 11) is 1.26. The first-order valence-corrected chi connectivity index (χ1v) is 5.84. The number of ether oxygens (including phenoxy) is 2. The molecule has 1 N–H and O–H groups in total. The number of hydrogen-bond donors (Lipinski definition) is 1. The quantitative estimate of drug-likeness (QED) is 0.871. The summed E-state index contributed by atoms with van der Waals surface area (Å²) in [6.07, 6.45) is -0.0233. The maximum atomic E-state index is 11.2. The minimum atomic E-state index is -0.572. The smallest absolute Gasteiger partial charge is 0.352 e. The van der Waals surface area contributed by atoms with Crippen molar-refractivity contribution in [3.05, 3.63) is 9.35 Å². The monoisotopic (exact) mass is 294 g/mol. The lowest BCUT2D eigenvalue weighted by atomic mass is 10.4. The summed E-state index contributed by atoms with van der Waals surface area (Å²) >= 11 is 4.21. The number of rotatable bonds is 3. The van der Waals surface area contributed by atoms with Gasteiger partial charge in [-0.2, -0.15) is 0 Å². The molecule has 0 amide bonds. The van der Waals surface area contributed by atoms with Crippen LogP contribution in [0.1, 0.15) is 23.5 Å². The zero-order valence-electron chi connectivity index (χ0n) is 8.54. The van der Waals surface area contributed by atoms with Crippen molar-refractivity contribution in [2.75, 3.05) is 7.11 Å². The minimum Gasteiger partial charge on any atom is -0.505 e. The third-order valence-electron chi connectivity index (χ3n) is 1.51. The van der Waals surface area contributed by atoms with Crippen LogP contribution in [0, 0.1) is 0 Å². The summed E-state index contributed by atoms with van der Waals surface area (Å²) < 4.78 is 10.3. The molecule has 1 heterocycles. The summed E-state index contributed by atoms with van der Waals surface area (Å²) in [6, 6.07) is 0. The van der Waals surface area contributed by atoms with Gasteiger partial charge in [-0.3, -0.25) is 0 Å². The number of halogens is 1. The van der Waals surface area contributed by atoms with E-state index in [0.29, 0.717) is 9.54 Å². The van der Waals surface area contributed by atoms with Crippen LogP contribution in [-0.4, -0.2) is 24.3 Å². The molecule has 0 unspecified atom stereocenters. The molecule has 6 heteroatoms. The molecule has 0 aliphatic heterocycles. The van der Waals surface area contributed by atoms with Gasteiger partial charge in [0.15, 0.2) is 15.7 Å². The van der Waals surface area contributed by atoms with Crippen molar-refractivity contribution < 1.29 is 19.4 Å². The van der Waals surface area contributed by atoms with Crippen molar-refractivity contribution in [2.45, 2.75) is 20.0 Å². The zero-order chi connectivity index (χ0) is 11.6. The lowest BCUT2D eigenvalue weighted by molar-refractivity contribution is 0.0603. The molecule has 4 nitrogen and oxygen atoms in total. The molecule has 0 aliphatic rings. The molecule has 0 aliphatic carbocycles. The molecule has 0 saturated heterocycles. The summed E-state index contributed by atoms with van der Waals surface area (Å²) in [4.78, 5) is 11.4. The van der Waals surface area contributed by atoms with Crippen molar-refractivity contribution in [1.82, 2.24) is 0 Å². The molecule has 0 fully saturated rings. The van der Waals surface area contributed by atoms with Gasteiger partial charge in [-0.15, -0.1) is 0 Å². The van der Waals surface area contributed by atoms with Crippen LogP contribution < -0.4 is 4.74 Å². The SMILES string of the molecule is COC(=O)c1sc(OC(C)C)c(Br)c1O. The Morgan fingerprint density at radius 2 is 2.13 bits per heavy atom. The number of methoxy groups -OCH3 is 1. The van der Waals surface area contributed by atoms with Crippen molar-refractivity contribution >= 4 is 33.2 Å². The Hall–Kier alpha value is -0.750. The second-order valence-corrected chi connectivity index (χ2v) is 4.82. The number of carbonyl (C=O) groups excluding carboxylic acids is 1. The highest BCUT2D eigenvalue weighted by atomic mass is 79.9. The average molecular weight is 295 g/mol. The van der Waals surface area contributed by atoms with E-state index in [4.69, 9.17) is 4.74 Å². The number of carbonyl (C=O) groups is 1. The van der Waals surface area contributed by atoms with Gasteiger partial charge in [-0.25, -0.2) is 4.79 Å². The van der Waals surface area contributed by atoms with Crippen LogP contribution in [0.2, 0.25) is 0 Å². The van der Waals surface area contributed by atoms with Gasteiger partial charge in [0.05, 0.1) is 13.2 Å². The predicted octanol–water partition coefficient (Wildman–Crippen LogP) is 2.79. The number of thiophene rings is 1. The van der Waals surface area contributed by atoms with Crippen molar-refractivity contribution in [3.63, 3.8) is 0 Å². The Morgan fingerprint density at radius 1 is 1.53 bits per heavy atom. The molecule has 0 aromatic carbocycles. The summed E-state index contributed by atoms with van der Waals surface area (Å²) in [6.45, 7) is 3.72. The van der Waals surface area contributed by atoms with E-state index in [1.165, 1.54) is 7.11 Å². The Kier molecular flexibility index (Phi) is 3.98. The topological polar surface area (TPSA) is 55.8 Å². The molecule has 0 atom stereocenters. The second-order valence-electron chi connectivity index (χ2n) is 3.04. The van der Waals surface area contributed by atoms with E-state index in [0.717, 1.165) is 11.3 Å². The molecule has 84 valence electrons. The van der Waals surface area contributed by atoms with E-state index in [2.05, 4.69) is 20.7 Å². The van der Waals surface area contributed by atoms with E-state index in [1.807, 2.05) is 13.8 Å². The Labute approximate surface area is 99.9 Å². The van der Waals surface area contributed by atoms with Crippen LogP contribution in [0.4, 0.5) is 0 Å². The molecule has 0 saturated carbocycles. The standard InChI is InChI=1S/C9H11BrO4S/c1-4(2)14-9-5(10)6(11)7(15-9)8(12)13-3/h4,11H,1-3H3. The van der Waals surface area contributed by atoms with Crippen LogP contribution in [0.25, 0.3) is 0 Å². The van der Waals surface area contributed by atoms with Crippen LogP contribution in [0.5, 0.6) is 10.8 Å². The number of esters is 1. The third-order valence-corrected chi connectivity index (χ3v) is 3.56. The molecule has 0 bridgehead atoms. The fraction of sp³-hybridized carbons (Fsp3) is 0.444. The van der Waals surface area contributed by atoms with Gasteiger partial charge in [-0.1, -0.05) is 11.3 Å². The summed E-state index contributed by atoms with van der Waals surface area (Å²) in [5.41, 5.74) is 0. The molecular formula is C9H11BrO4S. The van der Waals surface area contributed by atoms with E-state index >= 15 is 0 Å². The average Bonchev–Trinajstić information content (AvgIpc) is 2.44. The van der Waals surface area contributed by atoms with Gasteiger partial charge in [0.1, 0.15) is 4.47 Å². The molecule has 1 aromatic rings. The van der Waals surface area contributed by atoms with Crippen LogP contribution in [0.15, 0.2) is 4.47 Å². The van der Waals surface area contributed by atoms with Crippen LogP contribution in [0.3, 0.4) is 0 Å². The molecule has 1 aromatic heterocycles. The highest BCUT2D eigenvalue weighted by Crippen LogP contribution is 2.45. The minimum absolute atomic E-state index is 0.0233. The lowest BCUT2D eigenvalue weighted by Gasteiger charge is -2.06. The summed E-state index contributed by atoms with van der Waals surface area (Å²) in [5, 5.41) is 10.1. The van der Waals surface area contributed by atoms with Gasteiger partial charge in [0.2, 0.25) is 0 Å². The lowest BCUT2D eigenvalue weighted by Crippen LogP contribution is -2.04. The molecule has 0 radical (unpaired) electrons. The van der Waals surface area contributed by atoms with Gasteiger partial charge in [0.25, 0.3) is 0 Å². The van der Waals surface area contributed by atoms with E-state index in [1.54, 1.807) is 0 Å². The highest BCUT2D eigenvalue weighted by molar-refractivity contribution is 9.10. The largest absolute Gasteiger partial charge is 0.505 e. The first-order valence-electron chi connectivity index (χ1n) is 4.23. The van der Waals surface area contributed by atoms with E-state index in [-0.39, 0.29) is 16.7 Å². The second kappa shape index (κ2) is 4.85. The van der Waals surface area contributed by atoms with Crippen molar-refractivity contribution in [1.29, 1.82) is 0 Å². The van der Waals surface area contributed by atoms with Gasteiger partial charge >= 0.3 is 5.97 Å².